The van der Waals surface area contributed by atoms with Crippen molar-refractivity contribution in [1.29, 1.82) is 0 Å². The summed E-state index contributed by atoms with van der Waals surface area (Å²) in [4.78, 5) is 9.95. The molecular weight excluding hydrogens is 242 g/mol. The Bertz CT molecular complexity index is 361. The Morgan fingerprint density at radius 3 is 2.54 bits per heavy atom. The molecule has 0 N–H and O–H groups in total. The molecule has 0 radical (unpaired) electrons. The Morgan fingerprint density at radius 1 is 1.23 bits per heavy atom. The Labute approximate surface area is 82.2 Å². The van der Waals surface area contributed by atoms with Crippen molar-refractivity contribution in [1.82, 2.24) is 0 Å². The van der Waals surface area contributed by atoms with E-state index in [1.54, 1.807) is 0 Å². The molecule has 4 heteroatoms. The second-order valence-corrected chi connectivity index (χ2v) is 3.14. The molecule has 1 aromatic carbocycles. The van der Waals surface area contributed by atoms with E-state index < -0.39 is 11.6 Å². The largest absolute Gasteiger partial charge is 0.299 e. The number of carbonyl (C=O) groups is 1. The lowest BCUT2D eigenvalue weighted by atomic mass is 10.2. The van der Waals surface area contributed by atoms with Crippen LogP contribution in [0.25, 0.3) is 6.08 Å². The first-order valence-corrected chi connectivity index (χ1v) is 4.21. The number of halogens is 3. The molecule has 1 aromatic rings. The first kappa shape index (κ1) is 10.1. The highest BCUT2D eigenvalue weighted by Crippen LogP contribution is 2.20. The van der Waals surface area contributed by atoms with E-state index in [-0.39, 0.29) is 10.0 Å². The molecule has 0 spiro atoms. The van der Waals surface area contributed by atoms with Crippen molar-refractivity contribution in [2.24, 2.45) is 0 Å². The summed E-state index contributed by atoms with van der Waals surface area (Å²) in [5.74, 6) is -1.36. The molecule has 0 aromatic heterocycles. The predicted molar refractivity (Wildman–Crippen MR) is 49.2 cm³/mol. The standard InChI is InChI=1S/C9H5BrF2O/c10-7-4-6(2-1-3-13)8(11)5-9(7)12/h1-5H/b2-1+. The van der Waals surface area contributed by atoms with E-state index in [1.807, 2.05) is 0 Å². The molecule has 0 aliphatic heterocycles. The van der Waals surface area contributed by atoms with Crippen LogP contribution in [-0.4, -0.2) is 6.29 Å². The van der Waals surface area contributed by atoms with E-state index in [0.29, 0.717) is 6.29 Å². The molecule has 13 heavy (non-hydrogen) atoms. The molecule has 0 aliphatic rings. The van der Waals surface area contributed by atoms with Gasteiger partial charge in [0.15, 0.2) is 0 Å². The first-order valence-electron chi connectivity index (χ1n) is 3.41. The van der Waals surface area contributed by atoms with Gasteiger partial charge in [-0.1, -0.05) is 0 Å². The zero-order valence-corrected chi connectivity index (χ0v) is 8.01. The van der Waals surface area contributed by atoms with Gasteiger partial charge in [-0.15, -0.1) is 0 Å². The fourth-order valence-electron chi connectivity index (χ4n) is 0.809. The van der Waals surface area contributed by atoms with Crippen molar-refractivity contribution in [3.8, 4) is 0 Å². The van der Waals surface area contributed by atoms with Gasteiger partial charge in [-0.05, 0) is 34.1 Å². The fraction of sp³-hybridized carbons (Fsp3) is 0. The number of benzene rings is 1. The molecule has 0 bridgehead atoms. The van der Waals surface area contributed by atoms with E-state index in [2.05, 4.69) is 15.9 Å². The van der Waals surface area contributed by atoms with Crippen LogP contribution in [0.15, 0.2) is 22.7 Å². The van der Waals surface area contributed by atoms with Crippen LogP contribution in [-0.2, 0) is 4.79 Å². The van der Waals surface area contributed by atoms with E-state index in [4.69, 9.17) is 0 Å². The van der Waals surface area contributed by atoms with Crippen molar-refractivity contribution in [3.63, 3.8) is 0 Å². The average molecular weight is 247 g/mol. The van der Waals surface area contributed by atoms with Gasteiger partial charge in [0.05, 0.1) is 4.47 Å². The summed E-state index contributed by atoms with van der Waals surface area (Å²) in [7, 11) is 0. The lowest BCUT2D eigenvalue weighted by molar-refractivity contribution is -0.104. The molecule has 0 unspecified atom stereocenters. The van der Waals surface area contributed by atoms with Gasteiger partial charge >= 0.3 is 0 Å². The molecule has 1 nitrogen and oxygen atoms in total. The minimum Gasteiger partial charge on any atom is -0.299 e. The molecule has 68 valence electrons. The normalized spacial score (nSPS) is 10.7. The van der Waals surface area contributed by atoms with Gasteiger partial charge in [0.1, 0.15) is 17.9 Å². The minimum atomic E-state index is -0.696. The molecule has 0 fully saturated rings. The summed E-state index contributed by atoms with van der Waals surface area (Å²) in [6.07, 6.45) is 2.94. The maximum atomic E-state index is 12.9. The molecule has 0 heterocycles. The Hall–Kier alpha value is -1.03. The minimum absolute atomic E-state index is 0.166. The van der Waals surface area contributed by atoms with Crippen LogP contribution < -0.4 is 0 Å². The second kappa shape index (κ2) is 4.28. The van der Waals surface area contributed by atoms with Crippen molar-refractivity contribution in [2.45, 2.75) is 0 Å². The Balaban J connectivity index is 3.15. The Kier molecular flexibility index (Phi) is 3.31. The van der Waals surface area contributed by atoms with Gasteiger partial charge in [0.2, 0.25) is 0 Å². The number of allylic oxidation sites excluding steroid dienone is 1. The van der Waals surface area contributed by atoms with Crippen molar-refractivity contribution in [3.05, 3.63) is 39.9 Å². The molecule has 0 aliphatic carbocycles. The van der Waals surface area contributed by atoms with E-state index in [1.165, 1.54) is 12.1 Å². The number of carbonyl (C=O) groups excluding carboxylic acids is 1. The van der Waals surface area contributed by atoms with Gasteiger partial charge in [-0.25, -0.2) is 8.78 Å². The van der Waals surface area contributed by atoms with Crippen LogP contribution in [0.5, 0.6) is 0 Å². The van der Waals surface area contributed by atoms with Gasteiger partial charge < -0.3 is 0 Å². The number of aldehydes is 1. The predicted octanol–water partition coefficient (Wildman–Crippen LogP) is 2.94. The summed E-state index contributed by atoms with van der Waals surface area (Å²) in [6, 6.07) is 2.03. The van der Waals surface area contributed by atoms with Gasteiger partial charge in [0.25, 0.3) is 0 Å². The summed E-state index contributed by atoms with van der Waals surface area (Å²) in [6.45, 7) is 0. The van der Waals surface area contributed by atoms with Crippen LogP contribution in [0.2, 0.25) is 0 Å². The maximum absolute atomic E-state index is 12.9. The molecule has 0 saturated heterocycles. The van der Waals surface area contributed by atoms with Crippen LogP contribution >= 0.6 is 15.9 Å². The van der Waals surface area contributed by atoms with Gasteiger partial charge in [-0.3, -0.25) is 4.79 Å². The first-order chi connectivity index (χ1) is 6.15. The summed E-state index contributed by atoms with van der Waals surface area (Å²) in [5, 5.41) is 0. The van der Waals surface area contributed by atoms with Crippen LogP contribution in [0, 0.1) is 11.6 Å². The molecule has 1 rings (SSSR count). The van der Waals surface area contributed by atoms with E-state index >= 15 is 0 Å². The zero-order valence-electron chi connectivity index (χ0n) is 6.43. The summed E-state index contributed by atoms with van der Waals surface area (Å²) in [5.41, 5.74) is 0.167. The van der Waals surface area contributed by atoms with Crippen LogP contribution in [0.3, 0.4) is 0 Å². The highest BCUT2D eigenvalue weighted by Gasteiger charge is 2.04. The van der Waals surface area contributed by atoms with Gasteiger partial charge in [-0.2, -0.15) is 0 Å². The second-order valence-electron chi connectivity index (χ2n) is 2.28. The number of rotatable bonds is 2. The highest BCUT2D eigenvalue weighted by molar-refractivity contribution is 9.10. The van der Waals surface area contributed by atoms with Crippen LogP contribution in [0.4, 0.5) is 8.78 Å². The van der Waals surface area contributed by atoms with E-state index in [9.17, 15) is 13.6 Å². The monoisotopic (exact) mass is 246 g/mol. The average Bonchev–Trinajstić information content (AvgIpc) is 2.09. The fourth-order valence-corrected chi connectivity index (χ4v) is 1.17. The third-order valence-electron chi connectivity index (χ3n) is 1.39. The van der Waals surface area contributed by atoms with Crippen molar-refractivity contribution in [2.75, 3.05) is 0 Å². The number of hydrogen-bond donors (Lipinski definition) is 0. The van der Waals surface area contributed by atoms with Gasteiger partial charge in [0, 0.05) is 11.6 Å². The van der Waals surface area contributed by atoms with Crippen LogP contribution in [0.1, 0.15) is 5.56 Å². The third-order valence-corrected chi connectivity index (χ3v) is 2.00. The lowest BCUT2D eigenvalue weighted by Crippen LogP contribution is -1.86. The summed E-state index contributed by atoms with van der Waals surface area (Å²) >= 11 is 2.91. The summed E-state index contributed by atoms with van der Waals surface area (Å²) < 4.78 is 25.8. The maximum Gasteiger partial charge on any atom is 0.142 e. The third kappa shape index (κ3) is 2.45. The SMILES string of the molecule is O=C/C=C/c1cc(Br)c(F)cc1F. The lowest BCUT2D eigenvalue weighted by Gasteiger charge is -1.98. The van der Waals surface area contributed by atoms with E-state index in [0.717, 1.165) is 12.1 Å². The molecular formula is C9H5BrF2O. The van der Waals surface area contributed by atoms with Crippen molar-refractivity contribution >= 4 is 28.3 Å². The highest BCUT2D eigenvalue weighted by atomic mass is 79.9. The smallest absolute Gasteiger partial charge is 0.142 e. The number of hydrogen-bond acceptors (Lipinski definition) is 1. The zero-order chi connectivity index (χ0) is 9.84. The van der Waals surface area contributed by atoms with Crippen molar-refractivity contribution < 1.29 is 13.6 Å². The topological polar surface area (TPSA) is 17.1 Å². The molecule has 0 saturated carbocycles. The molecule has 0 amide bonds. The molecule has 0 atom stereocenters. The Morgan fingerprint density at radius 2 is 1.92 bits per heavy atom. The quantitative estimate of drug-likeness (QED) is 0.446.